The fraction of sp³-hybridized carbons (Fsp3) is 0.0476. The van der Waals surface area contributed by atoms with Crippen LogP contribution in [0.25, 0.3) is 11.6 Å². The Bertz CT molecular complexity index is 874. The first-order chi connectivity index (χ1) is 11.7. The van der Waals surface area contributed by atoms with Crippen molar-refractivity contribution in [2.24, 2.45) is 7.05 Å². The number of allylic oxidation sites excluding steroid dienone is 3. The highest BCUT2D eigenvalue weighted by atomic mass is 16.1. The number of hydrogen-bond donors (Lipinski definition) is 0. The fourth-order valence-electron chi connectivity index (χ4n) is 2.39. The maximum atomic E-state index is 12.3. The second kappa shape index (κ2) is 7.38. The molecule has 0 fully saturated rings. The van der Waals surface area contributed by atoms with Crippen LogP contribution in [-0.4, -0.2) is 15.3 Å². The Morgan fingerprint density at radius 3 is 2.12 bits per heavy atom. The maximum Gasteiger partial charge on any atom is 0.185 e. The SMILES string of the molecule is Cn1cncc1/C=C(/C=C/C(=O)c1ccccc1)c1ccccc1. The van der Waals surface area contributed by atoms with Crippen LogP contribution < -0.4 is 0 Å². The van der Waals surface area contributed by atoms with Gasteiger partial charge in [-0.3, -0.25) is 4.79 Å². The summed E-state index contributed by atoms with van der Waals surface area (Å²) < 4.78 is 1.94. The van der Waals surface area contributed by atoms with Crippen LogP contribution in [0.15, 0.2) is 85.3 Å². The van der Waals surface area contributed by atoms with Gasteiger partial charge in [0.05, 0.1) is 18.2 Å². The Balaban J connectivity index is 1.94. The summed E-state index contributed by atoms with van der Waals surface area (Å²) in [5.74, 6) is -0.0116. The van der Waals surface area contributed by atoms with Crippen molar-refractivity contribution >= 4 is 17.4 Å². The van der Waals surface area contributed by atoms with Crippen LogP contribution in [0.3, 0.4) is 0 Å². The van der Waals surface area contributed by atoms with Crippen LogP contribution in [0.5, 0.6) is 0 Å². The second-order valence-electron chi connectivity index (χ2n) is 5.46. The van der Waals surface area contributed by atoms with Gasteiger partial charge in [0.1, 0.15) is 0 Å². The highest BCUT2D eigenvalue weighted by Gasteiger charge is 2.03. The van der Waals surface area contributed by atoms with E-state index in [2.05, 4.69) is 4.98 Å². The number of aryl methyl sites for hydroxylation is 1. The maximum absolute atomic E-state index is 12.3. The number of benzene rings is 2. The molecule has 1 aromatic heterocycles. The molecule has 118 valence electrons. The molecule has 3 aromatic rings. The van der Waals surface area contributed by atoms with Crippen molar-refractivity contribution in [3.05, 3.63) is 102 Å². The zero-order valence-electron chi connectivity index (χ0n) is 13.5. The molecular weight excluding hydrogens is 296 g/mol. The van der Waals surface area contributed by atoms with E-state index >= 15 is 0 Å². The lowest BCUT2D eigenvalue weighted by atomic mass is 10.0. The van der Waals surface area contributed by atoms with E-state index in [1.807, 2.05) is 84.4 Å². The van der Waals surface area contributed by atoms with Gasteiger partial charge in [0.15, 0.2) is 5.78 Å². The standard InChI is InChI=1S/C21H18N2O/c1-23-16-22-15-20(23)14-19(17-8-4-2-5-9-17)12-13-21(24)18-10-6-3-7-11-18/h2-16H,1H3/b13-12+,19-14-. The monoisotopic (exact) mass is 314 g/mol. The fourth-order valence-corrected chi connectivity index (χ4v) is 2.39. The summed E-state index contributed by atoms with van der Waals surface area (Å²) in [4.78, 5) is 16.5. The van der Waals surface area contributed by atoms with Crippen LogP contribution >= 0.6 is 0 Å². The summed E-state index contributed by atoms with van der Waals surface area (Å²) in [5.41, 5.74) is 3.67. The molecule has 0 unspecified atom stereocenters. The molecule has 3 rings (SSSR count). The molecule has 0 spiro atoms. The van der Waals surface area contributed by atoms with Gasteiger partial charge in [-0.15, -0.1) is 0 Å². The van der Waals surface area contributed by atoms with Gasteiger partial charge in [-0.05, 0) is 23.3 Å². The molecule has 0 N–H and O–H groups in total. The number of carbonyl (C=O) groups excluding carboxylic acids is 1. The lowest BCUT2D eigenvalue weighted by molar-refractivity contribution is 0.104. The molecule has 2 aromatic carbocycles. The van der Waals surface area contributed by atoms with Crippen LogP contribution in [0.4, 0.5) is 0 Å². The quantitative estimate of drug-likeness (QED) is 0.397. The summed E-state index contributed by atoms with van der Waals surface area (Å²) in [5, 5.41) is 0. The van der Waals surface area contributed by atoms with Crippen LogP contribution in [0.1, 0.15) is 21.6 Å². The van der Waals surface area contributed by atoms with Crippen LogP contribution in [0.2, 0.25) is 0 Å². The Morgan fingerprint density at radius 2 is 1.54 bits per heavy atom. The summed E-state index contributed by atoms with van der Waals surface area (Å²) >= 11 is 0. The summed E-state index contributed by atoms with van der Waals surface area (Å²) in [6.07, 6.45) is 9.06. The van der Waals surface area contributed by atoms with E-state index in [0.717, 1.165) is 16.8 Å². The zero-order valence-corrected chi connectivity index (χ0v) is 13.5. The summed E-state index contributed by atoms with van der Waals surface area (Å²) in [6.45, 7) is 0. The van der Waals surface area contributed by atoms with Gasteiger partial charge >= 0.3 is 0 Å². The number of rotatable bonds is 5. The van der Waals surface area contributed by atoms with E-state index in [1.54, 1.807) is 18.6 Å². The number of hydrogen-bond acceptors (Lipinski definition) is 2. The van der Waals surface area contributed by atoms with E-state index < -0.39 is 0 Å². The molecule has 0 bridgehead atoms. The third-order valence-electron chi connectivity index (χ3n) is 3.74. The molecule has 24 heavy (non-hydrogen) atoms. The molecule has 0 aliphatic carbocycles. The van der Waals surface area contributed by atoms with E-state index in [1.165, 1.54) is 0 Å². The first-order valence-corrected chi connectivity index (χ1v) is 7.75. The molecule has 0 aliphatic rings. The van der Waals surface area contributed by atoms with Crippen LogP contribution in [0, 0.1) is 0 Å². The van der Waals surface area contributed by atoms with Crippen LogP contribution in [-0.2, 0) is 7.05 Å². The average Bonchev–Trinajstić information content (AvgIpc) is 3.04. The van der Waals surface area contributed by atoms with Gasteiger partial charge in [-0.2, -0.15) is 0 Å². The minimum absolute atomic E-state index is 0.0116. The molecular formula is C21H18N2O. The van der Waals surface area contributed by atoms with Crippen molar-refractivity contribution in [2.75, 3.05) is 0 Å². The average molecular weight is 314 g/mol. The molecule has 0 amide bonds. The minimum atomic E-state index is -0.0116. The van der Waals surface area contributed by atoms with E-state index in [-0.39, 0.29) is 5.78 Å². The minimum Gasteiger partial charge on any atom is -0.334 e. The lowest BCUT2D eigenvalue weighted by Gasteiger charge is -2.04. The Morgan fingerprint density at radius 1 is 0.917 bits per heavy atom. The second-order valence-corrected chi connectivity index (χ2v) is 5.46. The number of ketones is 1. The number of nitrogens with zero attached hydrogens (tertiary/aromatic N) is 2. The molecule has 0 saturated heterocycles. The van der Waals surface area contributed by atoms with Crippen molar-refractivity contribution in [1.29, 1.82) is 0 Å². The molecule has 0 aliphatic heterocycles. The third kappa shape index (κ3) is 3.76. The Labute approximate surface area is 141 Å². The first-order valence-electron chi connectivity index (χ1n) is 7.75. The Kier molecular flexibility index (Phi) is 4.82. The van der Waals surface area contributed by atoms with Crippen molar-refractivity contribution in [3.63, 3.8) is 0 Å². The smallest absolute Gasteiger partial charge is 0.185 e. The first kappa shape index (κ1) is 15.7. The van der Waals surface area contributed by atoms with Gasteiger partial charge in [0, 0.05) is 12.6 Å². The van der Waals surface area contributed by atoms with E-state index in [9.17, 15) is 4.79 Å². The van der Waals surface area contributed by atoms with E-state index in [0.29, 0.717) is 5.56 Å². The zero-order chi connectivity index (χ0) is 16.8. The number of aromatic nitrogens is 2. The highest BCUT2D eigenvalue weighted by molar-refractivity contribution is 6.06. The summed E-state index contributed by atoms with van der Waals surface area (Å²) in [7, 11) is 1.94. The van der Waals surface area contributed by atoms with Gasteiger partial charge in [-0.25, -0.2) is 4.98 Å². The number of carbonyl (C=O) groups is 1. The van der Waals surface area contributed by atoms with Crippen molar-refractivity contribution < 1.29 is 4.79 Å². The van der Waals surface area contributed by atoms with Gasteiger partial charge in [-0.1, -0.05) is 66.7 Å². The Hall–Kier alpha value is -3.20. The van der Waals surface area contributed by atoms with Crippen molar-refractivity contribution in [3.8, 4) is 0 Å². The van der Waals surface area contributed by atoms with Gasteiger partial charge in [0.25, 0.3) is 0 Å². The van der Waals surface area contributed by atoms with Crippen molar-refractivity contribution in [2.45, 2.75) is 0 Å². The van der Waals surface area contributed by atoms with Gasteiger partial charge < -0.3 is 4.57 Å². The predicted molar refractivity (Wildman–Crippen MR) is 97.4 cm³/mol. The highest BCUT2D eigenvalue weighted by Crippen LogP contribution is 2.19. The third-order valence-corrected chi connectivity index (χ3v) is 3.74. The predicted octanol–water partition coefficient (Wildman–Crippen LogP) is 4.40. The van der Waals surface area contributed by atoms with Gasteiger partial charge in [0.2, 0.25) is 0 Å². The molecule has 3 nitrogen and oxygen atoms in total. The molecule has 0 radical (unpaired) electrons. The molecule has 0 saturated carbocycles. The number of imidazole rings is 1. The topological polar surface area (TPSA) is 34.9 Å². The van der Waals surface area contributed by atoms with E-state index in [4.69, 9.17) is 0 Å². The molecule has 0 atom stereocenters. The summed E-state index contributed by atoms with van der Waals surface area (Å²) in [6, 6.07) is 19.3. The largest absolute Gasteiger partial charge is 0.334 e. The molecule has 1 heterocycles. The normalized spacial score (nSPS) is 11.8. The lowest BCUT2D eigenvalue weighted by Crippen LogP contribution is -1.94. The van der Waals surface area contributed by atoms with Crippen molar-refractivity contribution in [1.82, 2.24) is 9.55 Å². The molecule has 3 heteroatoms.